The van der Waals surface area contributed by atoms with Gasteiger partial charge in [0, 0.05) is 70.8 Å². The Kier molecular flexibility index (Phi) is 28.8. The Balaban J connectivity index is 0.000000122. The van der Waals surface area contributed by atoms with E-state index in [0.29, 0.717) is 95.5 Å². The maximum absolute atomic E-state index is 10.6. The Bertz CT molecular complexity index is 8380. The van der Waals surface area contributed by atoms with Gasteiger partial charge in [-0.15, -0.1) is 0 Å². The van der Waals surface area contributed by atoms with E-state index in [9.17, 15) is 46.0 Å². The maximum atomic E-state index is 10.6. The van der Waals surface area contributed by atoms with Crippen molar-refractivity contribution in [1.29, 1.82) is 0 Å². The first-order valence-corrected chi connectivity index (χ1v) is 49.1. The fourth-order valence-electron chi connectivity index (χ4n) is 18.8. The zero-order chi connectivity index (χ0) is 99.3. The van der Waals surface area contributed by atoms with Gasteiger partial charge in [0.2, 0.25) is 23.5 Å². The third kappa shape index (κ3) is 20.9. The Morgan fingerprint density at radius 1 is 0.194 bits per heavy atom. The van der Waals surface area contributed by atoms with Crippen LogP contribution in [0.2, 0.25) is 0 Å². The Morgan fingerprint density at radius 3 is 1.13 bits per heavy atom. The molecular formula is C123H108N8O13. The van der Waals surface area contributed by atoms with Crippen molar-refractivity contribution in [2.24, 2.45) is 0 Å². The van der Waals surface area contributed by atoms with Crippen LogP contribution in [-0.4, -0.2) is 112 Å². The number of hydrogen-bond acceptors (Lipinski definition) is 21. The summed E-state index contributed by atoms with van der Waals surface area (Å²) in [5, 5.41) is 115. The van der Waals surface area contributed by atoms with Crippen LogP contribution in [0.3, 0.4) is 0 Å². The van der Waals surface area contributed by atoms with Crippen LogP contribution in [0.25, 0.3) is 198 Å². The zero-order valence-corrected chi connectivity index (χ0v) is 80.4. The minimum absolute atomic E-state index is 0.0211. The highest BCUT2D eigenvalue weighted by atomic mass is 16.5. The van der Waals surface area contributed by atoms with E-state index in [4.69, 9.17) is 33.9 Å². The third-order valence-corrected chi connectivity index (χ3v) is 25.9. The van der Waals surface area contributed by atoms with E-state index in [-0.39, 0.29) is 74.5 Å². The van der Waals surface area contributed by atoms with Gasteiger partial charge in [0.05, 0.1) is 60.3 Å². The standard InChI is InChI=1S/C34H30N2O3.C30H28N2O4.C30H28N2O3.C29H22N2O3/c1-2-3-4-9-18-39-33-21-31(35-34(36-33)28-17-15-23(37)19-32(28)38)30-20-29-24-11-6-5-10-22(24)14-16-27(29)25-12-7-8-13-26(25)30;1-2-3-4-7-12-36-28-18-25(31-30(32-28)29-26(34)16-24(33)17-27(29)35)22-11-10-21-13-19-8-5-6-9-20(19)14-23(21)15-22;1-2-3-4-9-17-35-27-19-24(31-30(32-27)29-25(33)15-10-16-26(29)34)28-22-13-7-5-11-20(22)18-21-12-6-8-14-23(21)28;1-2-14-34-26-16-24(30-29(31-26)23-13-10-20(32)15-25(23)33)21-11-8-19-7-6-17-4-3-5-18-9-12-22(21)28(19)27(17)18/h5-8,10-17,19-21,37-38H,2-4,9,18H2,1H3;5-6,8-11,13-18,33-35H,2-4,7,12H2,1H3;5-8,10-16,18-19,33-34H,2-4,9,17H2,1H3;3-13,15-16,32-33H,2,14H2,1H3. The van der Waals surface area contributed by atoms with Gasteiger partial charge in [-0.2, -0.15) is 19.9 Å². The van der Waals surface area contributed by atoms with E-state index in [1.54, 1.807) is 24.3 Å². The summed E-state index contributed by atoms with van der Waals surface area (Å²) >= 11 is 0. The molecule has 0 unspecified atom stereocenters. The molecule has 0 aliphatic rings. The summed E-state index contributed by atoms with van der Waals surface area (Å²) in [5.41, 5.74) is 7.54. The predicted octanol–water partition coefficient (Wildman–Crippen LogP) is 30.2. The average molecular weight is 1910 g/mol. The number of rotatable bonds is 29. The van der Waals surface area contributed by atoms with Crippen molar-refractivity contribution in [2.45, 2.75) is 111 Å². The number of phenols is 9. The molecule has 22 rings (SSSR count). The highest BCUT2D eigenvalue weighted by molar-refractivity contribution is 6.26. The predicted molar refractivity (Wildman–Crippen MR) is 578 cm³/mol. The molecule has 0 radical (unpaired) electrons. The summed E-state index contributed by atoms with van der Waals surface area (Å²) in [7, 11) is 0. The summed E-state index contributed by atoms with van der Waals surface area (Å²) in [5.74, 6) is 1.43. The van der Waals surface area contributed by atoms with Gasteiger partial charge >= 0.3 is 0 Å². The molecular weight excluding hydrogens is 1800 g/mol. The lowest BCUT2D eigenvalue weighted by Crippen LogP contribution is -2.03. The third-order valence-electron chi connectivity index (χ3n) is 25.9. The number of nitrogens with zero attached hydrogens (tertiary/aromatic N) is 8. The van der Waals surface area contributed by atoms with Crippen molar-refractivity contribution >= 4 is 108 Å². The normalized spacial score (nSPS) is 11.4. The van der Waals surface area contributed by atoms with E-state index in [0.717, 1.165) is 171 Å². The van der Waals surface area contributed by atoms with Crippen molar-refractivity contribution < 1.29 is 64.9 Å². The summed E-state index contributed by atoms with van der Waals surface area (Å²) in [6.07, 6.45) is 13.8. The number of phenolic OH excluding ortho intramolecular Hbond substituents is 9. The van der Waals surface area contributed by atoms with Gasteiger partial charge in [0.25, 0.3) is 0 Å². The van der Waals surface area contributed by atoms with Gasteiger partial charge in [0.1, 0.15) is 62.9 Å². The first-order chi connectivity index (χ1) is 70.4. The van der Waals surface area contributed by atoms with Crippen LogP contribution in [0, 0.1) is 0 Å². The minimum atomic E-state index is -0.316. The Morgan fingerprint density at radius 2 is 0.576 bits per heavy atom. The highest BCUT2D eigenvalue weighted by Crippen LogP contribution is 2.48. The molecule has 4 aromatic heterocycles. The number of unbranched alkanes of at least 4 members (excludes halogenated alkanes) is 9. The molecule has 0 spiro atoms. The molecule has 0 aliphatic carbocycles. The maximum Gasteiger partial charge on any atom is 0.217 e. The molecule has 0 saturated heterocycles. The summed E-state index contributed by atoms with van der Waals surface area (Å²) in [4.78, 5) is 37.5. The topological polar surface area (TPSA) is 322 Å². The van der Waals surface area contributed by atoms with Gasteiger partial charge in [0.15, 0.2) is 23.3 Å². The summed E-state index contributed by atoms with van der Waals surface area (Å²) in [6, 6.07) is 103. The first kappa shape index (κ1) is 95.5. The number of fused-ring (bicyclic) bond motifs is 9. The molecule has 0 atom stereocenters. The quantitative estimate of drug-likeness (QED) is 0.0119. The molecule has 4 heterocycles. The number of hydrogen-bond donors (Lipinski definition) is 9. The summed E-state index contributed by atoms with van der Waals surface area (Å²) in [6.45, 7) is 10.7. The second-order valence-corrected chi connectivity index (χ2v) is 35.9. The van der Waals surface area contributed by atoms with Crippen molar-refractivity contribution in [1.82, 2.24) is 39.9 Å². The van der Waals surface area contributed by atoms with E-state index >= 15 is 0 Å². The van der Waals surface area contributed by atoms with Crippen LogP contribution >= 0.6 is 0 Å². The van der Waals surface area contributed by atoms with Gasteiger partial charge in [-0.3, -0.25) is 0 Å². The van der Waals surface area contributed by atoms with Crippen molar-refractivity contribution in [3.63, 3.8) is 0 Å². The second kappa shape index (κ2) is 43.5. The van der Waals surface area contributed by atoms with E-state index < -0.39 is 0 Å². The lowest BCUT2D eigenvalue weighted by Gasteiger charge is -2.15. The number of benzene rings is 18. The van der Waals surface area contributed by atoms with Crippen molar-refractivity contribution in [3.05, 3.63) is 322 Å². The second-order valence-electron chi connectivity index (χ2n) is 35.9. The molecule has 718 valence electrons. The lowest BCUT2D eigenvalue weighted by molar-refractivity contribution is 0.293. The molecule has 0 aliphatic heterocycles. The zero-order valence-electron chi connectivity index (χ0n) is 80.4. The molecule has 0 saturated carbocycles. The Hall–Kier alpha value is -17.5. The molecule has 0 fully saturated rings. The fraction of sp³-hybridized carbons (Fsp3) is 0.171. The molecule has 0 bridgehead atoms. The SMILES string of the molecule is CCCCCCOc1cc(-c2c3ccccc3cc3ccccc23)nc(-c2c(O)cccc2O)n1.CCCCCCOc1cc(-c2cc3c4ccccc4ccc3c3ccccc23)nc(-c2ccc(O)cc2O)n1.CCCCCCOc1cc(-c2ccc3cc4ccccc4cc3c2)nc(-c2c(O)cc(O)cc2O)n1.CCCOc1cc(-c2ccc3ccc4cccc5ccc2c3c45)nc(-c2ccc(O)cc2O)n1. The molecule has 144 heavy (non-hydrogen) atoms. The van der Waals surface area contributed by atoms with E-state index in [1.165, 1.54) is 91.3 Å². The molecule has 21 nitrogen and oxygen atoms in total. The van der Waals surface area contributed by atoms with Crippen LogP contribution in [0.4, 0.5) is 0 Å². The number of aromatic nitrogens is 8. The Labute approximate surface area is 832 Å². The van der Waals surface area contributed by atoms with Gasteiger partial charge in [-0.25, -0.2) is 19.9 Å². The first-order valence-electron chi connectivity index (χ1n) is 49.1. The van der Waals surface area contributed by atoms with Crippen molar-refractivity contribution in [2.75, 3.05) is 26.4 Å². The highest BCUT2D eigenvalue weighted by Gasteiger charge is 2.26. The summed E-state index contributed by atoms with van der Waals surface area (Å²) < 4.78 is 24.0. The molecule has 18 aromatic carbocycles. The molecule has 0 amide bonds. The van der Waals surface area contributed by atoms with Crippen LogP contribution in [0.1, 0.15) is 111 Å². The van der Waals surface area contributed by atoms with Crippen LogP contribution in [0.5, 0.6) is 75.3 Å². The fourth-order valence-corrected chi connectivity index (χ4v) is 18.8. The largest absolute Gasteiger partial charge is 0.508 e. The van der Waals surface area contributed by atoms with E-state index in [1.807, 2.05) is 73.7 Å². The van der Waals surface area contributed by atoms with E-state index in [2.05, 4.69) is 228 Å². The van der Waals surface area contributed by atoms with Crippen LogP contribution in [0.15, 0.2) is 322 Å². The van der Waals surface area contributed by atoms with Crippen LogP contribution in [-0.2, 0) is 0 Å². The molecule has 22 aromatic rings. The van der Waals surface area contributed by atoms with Crippen LogP contribution < -0.4 is 18.9 Å². The van der Waals surface area contributed by atoms with Gasteiger partial charge < -0.3 is 64.9 Å². The van der Waals surface area contributed by atoms with Gasteiger partial charge in [-0.1, -0.05) is 292 Å². The van der Waals surface area contributed by atoms with Crippen molar-refractivity contribution in [3.8, 4) is 166 Å². The lowest BCUT2D eigenvalue weighted by atomic mass is 9.91. The monoisotopic (exact) mass is 1900 g/mol. The smallest absolute Gasteiger partial charge is 0.217 e. The number of ether oxygens (including phenoxy) is 4. The van der Waals surface area contributed by atoms with Gasteiger partial charge in [-0.05, 0) is 200 Å². The molecule has 21 heteroatoms. The number of aromatic hydroxyl groups is 9. The minimum Gasteiger partial charge on any atom is -0.508 e. The molecule has 9 N–H and O–H groups in total. The average Bonchev–Trinajstić information content (AvgIpc) is 0.738.